The normalized spacial score (nSPS) is 21.1. The van der Waals surface area contributed by atoms with Crippen LogP contribution in [0, 0.1) is 6.92 Å². The number of anilines is 1. The molecular formula is C17H18ClNO2S2. The van der Waals surface area contributed by atoms with Gasteiger partial charge in [0, 0.05) is 10.8 Å². The predicted octanol–water partition coefficient (Wildman–Crippen LogP) is 4.29. The molecular weight excluding hydrogens is 350 g/mol. The highest BCUT2D eigenvalue weighted by molar-refractivity contribution is 8.01. The summed E-state index contributed by atoms with van der Waals surface area (Å²) in [6, 6.07) is 14.5. The lowest BCUT2D eigenvalue weighted by molar-refractivity contribution is 0.582. The van der Waals surface area contributed by atoms with Crippen molar-refractivity contribution in [1.82, 2.24) is 0 Å². The molecule has 1 aliphatic heterocycles. The fraction of sp³-hybridized carbons (Fsp3) is 0.294. The van der Waals surface area contributed by atoms with E-state index in [-0.39, 0.29) is 4.75 Å². The molecule has 2 aromatic carbocycles. The minimum atomic E-state index is -3.61. The zero-order valence-electron chi connectivity index (χ0n) is 13.0. The van der Waals surface area contributed by atoms with E-state index in [4.69, 9.17) is 11.6 Å². The summed E-state index contributed by atoms with van der Waals surface area (Å²) in [5.74, 6) is 0.381. The highest BCUT2D eigenvalue weighted by atomic mass is 35.5. The molecule has 0 amide bonds. The maximum Gasteiger partial charge on any atom is 0.264 e. The van der Waals surface area contributed by atoms with Gasteiger partial charge in [-0.2, -0.15) is 0 Å². The molecule has 0 aliphatic carbocycles. The van der Waals surface area contributed by atoms with Crippen LogP contribution in [0.5, 0.6) is 0 Å². The number of para-hydroxylation sites is 1. The number of nitrogens with zero attached hydrogens (tertiary/aromatic N) is 1. The number of rotatable bonds is 3. The second kappa shape index (κ2) is 6.04. The Morgan fingerprint density at radius 3 is 2.48 bits per heavy atom. The van der Waals surface area contributed by atoms with Crippen molar-refractivity contribution in [2.24, 2.45) is 0 Å². The molecule has 122 valence electrons. The van der Waals surface area contributed by atoms with Gasteiger partial charge in [0.15, 0.2) is 0 Å². The van der Waals surface area contributed by atoms with Crippen LogP contribution in [0.3, 0.4) is 0 Å². The fourth-order valence-electron chi connectivity index (χ4n) is 2.56. The van der Waals surface area contributed by atoms with Crippen LogP contribution < -0.4 is 4.31 Å². The monoisotopic (exact) mass is 367 g/mol. The number of thioether (sulfide) groups is 1. The van der Waals surface area contributed by atoms with Crippen molar-refractivity contribution >= 4 is 39.1 Å². The Morgan fingerprint density at radius 1 is 1.17 bits per heavy atom. The Bertz CT molecular complexity index is 821. The molecule has 0 aromatic heterocycles. The third-order valence-corrected chi connectivity index (χ3v) is 7.71. The number of benzene rings is 2. The van der Waals surface area contributed by atoms with Crippen molar-refractivity contribution in [2.45, 2.75) is 28.4 Å². The average Bonchev–Trinajstić information content (AvgIpc) is 2.54. The van der Waals surface area contributed by atoms with Gasteiger partial charge in [-0.05, 0) is 38.1 Å². The van der Waals surface area contributed by atoms with Gasteiger partial charge in [-0.25, -0.2) is 8.42 Å². The topological polar surface area (TPSA) is 37.4 Å². The highest BCUT2D eigenvalue weighted by Gasteiger charge is 2.39. The number of hydrogen-bond acceptors (Lipinski definition) is 3. The van der Waals surface area contributed by atoms with Gasteiger partial charge in [-0.1, -0.05) is 29.8 Å². The lowest BCUT2D eigenvalue weighted by atomic mass is 10.2. The maximum atomic E-state index is 13.1. The number of hydrogen-bond donors (Lipinski definition) is 0. The van der Waals surface area contributed by atoms with Crippen LogP contribution >= 0.6 is 23.4 Å². The summed E-state index contributed by atoms with van der Waals surface area (Å²) in [6.45, 7) is 4.29. The summed E-state index contributed by atoms with van der Waals surface area (Å²) in [4.78, 5) is 1.25. The van der Waals surface area contributed by atoms with Crippen molar-refractivity contribution < 1.29 is 8.42 Å². The van der Waals surface area contributed by atoms with E-state index in [0.717, 1.165) is 16.1 Å². The van der Waals surface area contributed by atoms with Crippen molar-refractivity contribution in [1.29, 1.82) is 0 Å². The molecule has 2 aromatic rings. The van der Waals surface area contributed by atoms with Gasteiger partial charge in [-0.3, -0.25) is 4.31 Å². The number of fused-ring (bicyclic) bond motifs is 1. The van der Waals surface area contributed by atoms with Gasteiger partial charge < -0.3 is 0 Å². The van der Waals surface area contributed by atoms with Crippen LogP contribution in [-0.2, 0) is 10.0 Å². The van der Waals surface area contributed by atoms with Gasteiger partial charge >= 0.3 is 0 Å². The number of aryl methyl sites for hydroxylation is 1. The van der Waals surface area contributed by atoms with Crippen LogP contribution in [-0.4, -0.2) is 25.6 Å². The molecule has 0 radical (unpaired) electrons. The Balaban J connectivity index is 2.12. The van der Waals surface area contributed by atoms with Gasteiger partial charge in [0.05, 0.1) is 21.9 Å². The van der Waals surface area contributed by atoms with Crippen LogP contribution in [0.1, 0.15) is 12.5 Å². The zero-order chi connectivity index (χ0) is 16.7. The molecule has 0 fully saturated rings. The van der Waals surface area contributed by atoms with Crippen LogP contribution in [0.2, 0.25) is 0 Å². The fourth-order valence-corrected chi connectivity index (χ4v) is 5.76. The Kier molecular flexibility index (Phi) is 4.38. The Morgan fingerprint density at radius 2 is 1.83 bits per heavy atom. The molecule has 3 rings (SSSR count). The quantitative estimate of drug-likeness (QED) is 0.759. The number of alkyl halides is 1. The molecule has 0 unspecified atom stereocenters. The summed E-state index contributed by atoms with van der Waals surface area (Å²) in [5, 5.41) is 0. The predicted molar refractivity (Wildman–Crippen MR) is 97.1 cm³/mol. The molecule has 1 atom stereocenters. The SMILES string of the molecule is Cc1ccc(S(=O)(=O)N2C[C@@](C)(CCl)Sc3ccccc32)cc1. The summed E-state index contributed by atoms with van der Waals surface area (Å²) < 4.78 is 27.4. The van der Waals surface area contributed by atoms with Crippen LogP contribution in [0.4, 0.5) is 5.69 Å². The number of sulfonamides is 1. The minimum absolute atomic E-state index is 0.307. The van der Waals surface area contributed by atoms with E-state index in [1.807, 2.05) is 50.2 Å². The van der Waals surface area contributed by atoms with Gasteiger partial charge in [-0.15, -0.1) is 23.4 Å². The molecule has 0 saturated carbocycles. The lowest BCUT2D eigenvalue weighted by Gasteiger charge is -2.40. The summed E-state index contributed by atoms with van der Waals surface area (Å²) in [6.07, 6.45) is 0. The second-order valence-electron chi connectivity index (χ2n) is 5.98. The maximum absolute atomic E-state index is 13.1. The second-order valence-corrected chi connectivity index (χ2v) is 9.74. The Hall–Kier alpha value is -1.17. The first-order chi connectivity index (χ1) is 10.9. The van der Waals surface area contributed by atoms with E-state index in [9.17, 15) is 8.42 Å². The van der Waals surface area contributed by atoms with E-state index in [2.05, 4.69) is 0 Å². The van der Waals surface area contributed by atoms with E-state index >= 15 is 0 Å². The molecule has 0 saturated heterocycles. The Labute approximate surface area is 146 Å². The van der Waals surface area contributed by atoms with Gasteiger partial charge in [0.25, 0.3) is 10.0 Å². The largest absolute Gasteiger partial charge is 0.264 e. The summed E-state index contributed by atoms with van der Waals surface area (Å²) in [5.41, 5.74) is 1.75. The van der Waals surface area contributed by atoms with E-state index in [1.165, 1.54) is 4.31 Å². The first kappa shape index (κ1) is 16.7. The smallest absolute Gasteiger partial charge is 0.264 e. The molecule has 1 aliphatic rings. The van der Waals surface area contributed by atoms with E-state index in [0.29, 0.717) is 17.3 Å². The van der Waals surface area contributed by atoms with Crippen LogP contribution in [0.25, 0.3) is 0 Å². The molecule has 3 nitrogen and oxygen atoms in total. The summed E-state index contributed by atoms with van der Waals surface area (Å²) >= 11 is 7.77. The highest BCUT2D eigenvalue weighted by Crippen LogP contribution is 2.46. The van der Waals surface area contributed by atoms with Crippen molar-refractivity contribution in [2.75, 3.05) is 16.7 Å². The van der Waals surface area contributed by atoms with Crippen molar-refractivity contribution in [3.63, 3.8) is 0 Å². The van der Waals surface area contributed by atoms with Crippen LogP contribution in [0.15, 0.2) is 58.3 Å². The van der Waals surface area contributed by atoms with Crippen molar-refractivity contribution in [3.8, 4) is 0 Å². The molecule has 1 heterocycles. The third-order valence-electron chi connectivity index (χ3n) is 3.86. The van der Waals surface area contributed by atoms with Gasteiger partial charge in [0.1, 0.15) is 0 Å². The molecule has 23 heavy (non-hydrogen) atoms. The first-order valence-corrected chi connectivity index (χ1v) is 10.1. The average molecular weight is 368 g/mol. The molecule has 0 spiro atoms. The molecule has 0 bridgehead atoms. The summed E-state index contributed by atoms with van der Waals surface area (Å²) in [7, 11) is -3.61. The molecule has 6 heteroatoms. The minimum Gasteiger partial charge on any atom is -0.264 e. The molecule has 0 N–H and O–H groups in total. The number of halogens is 1. The zero-order valence-corrected chi connectivity index (χ0v) is 15.4. The van der Waals surface area contributed by atoms with Gasteiger partial charge in [0.2, 0.25) is 0 Å². The third kappa shape index (κ3) is 3.10. The van der Waals surface area contributed by atoms with E-state index < -0.39 is 10.0 Å². The van der Waals surface area contributed by atoms with E-state index in [1.54, 1.807) is 23.9 Å². The first-order valence-electron chi connectivity index (χ1n) is 7.29. The van der Waals surface area contributed by atoms with Crippen molar-refractivity contribution in [3.05, 3.63) is 54.1 Å². The lowest BCUT2D eigenvalue weighted by Crippen LogP contribution is -2.46. The standard InChI is InChI=1S/C17H18ClNO2S2/c1-13-7-9-14(10-8-13)23(20,21)19-12-17(2,11-18)22-16-6-4-3-5-15(16)19/h3-10H,11-12H2,1-2H3/t17-/m1/s1.